The van der Waals surface area contributed by atoms with Crippen molar-refractivity contribution in [2.75, 3.05) is 6.54 Å². The Kier molecular flexibility index (Phi) is 5.43. The second kappa shape index (κ2) is 7.17. The second-order valence-corrected chi connectivity index (χ2v) is 6.68. The minimum atomic E-state index is -1.73. The van der Waals surface area contributed by atoms with Gasteiger partial charge in [-0.1, -0.05) is 30.3 Å². The summed E-state index contributed by atoms with van der Waals surface area (Å²) in [5.41, 5.74) is -0.0477. The molecule has 0 aromatic heterocycles. The number of likely N-dealkylation sites (tertiary alicyclic amines) is 1. The van der Waals surface area contributed by atoms with E-state index in [1.165, 1.54) is 0 Å². The fourth-order valence-corrected chi connectivity index (χ4v) is 2.38. The molecule has 0 bridgehead atoms. The van der Waals surface area contributed by atoms with Gasteiger partial charge in [0.25, 0.3) is 0 Å². The van der Waals surface area contributed by atoms with Crippen molar-refractivity contribution < 1.29 is 28.6 Å². The number of alkyl halides is 1. The summed E-state index contributed by atoms with van der Waals surface area (Å²) in [5.74, 6) is -0.864. The summed E-state index contributed by atoms with van der Waals surface area (Å²) in [6.07, 6.45) is -4.23. The number of amides is 1. The molecule has 0 aliphatic carbocycles. The lowest BCUT2D eigenvalue weighted by Gasteiger charge is -2.27. The summed E-state index contributed by atoms with van der Waals surface area (Å²) in [5, 5.41) is 9.92. The van der Waals surface area contributed by atoms with E-state index in [0.717, 1.165) is 10.5 Å². The van der Waals surface area contributed by atoms with Crippen LogP contribution in [0.4, 0.5) is 9.18 Å². The molecule has 0 radical (unpaired) electrons. The van der Waals surface area contributed by atoms with Gasteiger partial charge >= 0.3 is 12.1 Å². The van der Waals surface area contributed by atoms with Gasteiger partial charge in [-0.05, 0) is 26.3 Å². The first-order valence-electron chi connectivity index (χ1n) is 7.71. The maximum Gasteiger partial charge on any atom is 0.411 e. The maximum atomic E-state index is 13.8. The van der Waals surface area contributed by atoms with Crippen molar-refractivity contribution in [3.8, 4) is 0 Å². The number of aliphatic hydroxyl groups is 1. The minimum Gasteiger partial charge on any atom is -0.459 e. The Morgan fingerprint density at radius 2 is 1.92 bits per heavy atom. The number of benzene rings is 1. The molecule has 1 heterocycles. The third-order valence-electron chi connectivity index (χ3n) is 3.49. The van der Waals surface area contributed by atoms with Crippen LogP contribution in [0.1, 0.15) is 26.3 Å². The molecule has 1 aliphatic heterocycles. The number of carbonyl (C=O) groups is 2. The van der Waals surface area contributed by atoms with Gasteiger partial charge in [0.15, 0.2) is 6.04 Å². The monoisotopic (exact) mass is 339 g/mol. The number of carbonyl (C=O) groups excluding carboxylic acids is 2. The zero-order valence-electron chi connectivity index (χ0n) is 13.9. The van der Waals surface area contributed by atoms with Crippen molar-refractivity contribution in [3.63, 3.8) is 0 Å². The summed E-state index contributed by atoms with van der Waals surface area (Å²) in [7, 11) is 0. The van der Waals surface area contributed by atoms with Crippen LogP contribution in [0.15, 0.2) is 30.3 Å². The van der Waals surface area contributed by atoms with Gasteiger partial charge in [-0.25, -0.2) is 14.0 Å². The number of esters is 1. The molecule has 0 unspecified atom stereocenters. The van der Waals surface area contributed by atoms with E-state index in [2.05, 4.69) is 0 Å². The number of nitrogens with zero attached hydrogens (tertiary/aromatic N) is 1. The van der Waals surface area contributed by atoms with Crippen LogP contribution in [0.3, 0.4) is 0 Å². The van der Waals surface area contributed by atoms with E-state index in [0.29, 0.717) is 0 Å². The molecule has 1 aliphatic rings. The zero-order chi connectivity index (χ0) is 17.9. The van der Waals surface area contributed by atoms with Crippen LogP contribution in [0.5, 0.6) is 0 Å². The predicted octanol–water partition coefficient (Wildman–Crippen LogP) is 2.05. The van der Waals surface area contributed by atoms with E-state index in [-0.39, 0.29) is 6.61 Å². The van der Waals surface area contributed by atoms with Crippen LogP contribution in [0.25, 0.3) is 0 Å². The van der Waals surface area contributed by atoms with Crippen LogP contribution in [-0.2, 0) is 20.9 Å². The van der Waals surface area contributed by atoms with Crippen molar-refractivity contribution in [1.29, 1.82) is 0 Å². The van der Waals surface area contributed by atoms with E-state index in [1.807, 2.05) is 6.07 Å². The predicted molar refractivity (Wildman–Crippen MR) is 83.9 cm³/mol. The van der Waals surface area contributed by atoms with Crippen LogP contribution < -0.4 is 0 Å². The fraction of sp³-hybridized carbons (Fsp3) is 0.529. The number of hydrogen-bond acceptors (Lipinski definition) is 5. The van der Waals surface area contributed by atoms with Gasteiger partial charge in [-0.3, -0.25) is 4.90 Å². The highest BCUT2D eigenvalue weighted by Gasteiger charge is 2.49. The van der Waals surface area contributed by atoms with Gasteiger partial charge in [-0.2, -0.15) is 0 Å². The highest BCUT2D eigenvalue weighted by Crippen LogP contribution is 2.25. The SMILES string of the molecule is CC(C)(C)OC(=O)N1C[C@H](F)[C@@H](O)[C@H]1C(=O)OCc1ccccc1. The summed E-state index contributed by atoms with van der Waals surface area (Å²) >= 11 is 0. The van der Waals surface area contributed by atoms with Crippen LogP contribution >= 0.6 is 0 Å². The highest BCUT2D eigenvalue weighted by atomic mass is 19.1. The van der Waals surface area contributed by atoms with Crippen molar-refractivity contribution in [2.45, 2.75) is 51.3 Å². The van der Waals surface area contributed by atoms with Gasteiger partial charge < -0.3 is 14.6 Å². The zero-order valence-corrected chi connectivity index (χ0v) is 13.9. The summed E-state index contributed by atoms with van der Waals surface area (Å²) in [4.78, 5) is 25.3. The number of ether oxygens (including phenoxy) is 2. The van der Waals surface area contributed by atoms with Crippen LogP contribution in [-0.4, -0.2) is 52.5 Å². The third-order valence-corrected chi connectivity index (χ3v) is 3.49. The van der Waals surface area contributed by atoms with Crippen LogP contribution in [0, 0.1) is 0 Å². The Morgan fingerprint density at radius 3 is 2.50 bits per heavy atom. The molecular formula is C17H22FNO5. The molecule has 3 atom stereocenters. The Hall–Kier alpha value is -2.15. The molecular weight excluding hydrogens is 317 g/mol. The molecule has 24 heavy (non-hydrogen) atoms. The van der Waals surface area contributed by atoms with E-state index in [1.54, 1.807) is 45.0 Å². The van der Waals surface area contributed by atoms with Crippen LogP contribution in [0.2, 0.25) is 0 Å². The van der Waals surface area contributed by atoms with Gasteiger partial charge in [0.05, 0.1) is 6.54 Å². The molecule has 132 valence electrons. The number of rotatable bonds is 3. The molecule has 0 spiro atoms. The number of halogens is 1. The lowest BCUT2D eigenvalue weighted by atomic mass is 10.1. The summed E-state index contributed by atoms with van der Waals surface area (Å²) < 4.78 is 24.1. The molecule has 1 fully saturated rings. The van der Waals surface area contributed by atoms with Gasteiger partial charge in [0, 0.05) is 0 Å². The first kappa shape index (κ1) is 18.2. The smallest absolute Gasteiger partial charge is 0.411 e. The number of aliphatic hydroxyl groups excluding tert-OH is 1. The largest absolute Gasteiger partial charge is 0.459 e. The fourth-order valence-electron chi connectivity index (χ4n) is 2.38. The molecule has 1 amide bonds. The Balaban J connectivity index is 2.06. The molecule has 7 heteroatoms. The minimum absolute atomic E-state index is 0.0258. The van der Waals surface area contributed by atoms with Crippen molar-refractivity contribution >= 4 is 12.1 Å². The molecule has 6 nitrogen and oxygen atoms in total. The Bertz CT molecular complexity index is 586. The average Bonchev–Trinajstić information content (AvgIpc) is 2.80. The molecule has 1 aromatic carbocycles. The number of hydrogen-bond donors (Lipinski definition) is 1. The quantitative estimate of drug-likeness (QED) is 0.853. The third kappa shape index (κ3) is 4.44. The van der Waals surface area contributed by atoms with Gasteiger partial charge in [0.2, 0.25) is 0 Å². The molecule has 1 N–H and O–H groups in total. The van der Waals surface area contributed by atoms with Gasteiger partial charge in [-0.15, -0.1) is 0 Å². The van der Waals surface area contributed by atoms with Gasteiger partial charge in [0.1, 0.15) is 24.5 Å². The maximum absolute atomic E-state index is 13.8. The van der Waals surface area contributed by atoms with E-state index in [4.69, 9.17) is 9.47 Å². The molecule has 1 aromatic rings. The highest BCUT2D eigenvalue weighted by molar-refractivity contribution is 5.83. The standard InChI is InChI=1S/C17H22FNO5/c1-17(2,3)24-16(22)19-9-12(18)14(20)13(19)15(21)23-10-11-7-5-4-6-8-11/h4-8,12-14,20H,9-10H2,1-3H3/t12-,13-,14+/m0/s1. The van der Waals surface area contributed by atoms with Crippen molar-refractivity contribution in [2.24, 2.45) is 0 Å². The lowest BCUT2D eigenvalue weighted by molar-refractivity contribution is -0.153. The molecule has 1 saturated heterocycles. The lowest BCUT2D eigenvalue weighted by Crippen LogP contribution is -2.47. The average molecular weight is 339 g/mol. The van der Waals surface area contributed by atoms with E-state index >= 15 is 0 Å². The Morgan fingerprint density at radius 1 is 1.29 bits per heavy atom. The summed E-state index contributed by atoms with van der Waals surface area (Å²) in [6.45, 7) is 4.54. The second-order valence-electron chi connectivity index (χ2n) is 6.68. The summed E-state index contributed by atoms with van der Waals surface area (Å²) in [6, 6.07) is 7.52. The molecule has 0 saturated carbocycles. The topological polar surface area (TPSA) is 76.1 Å². The van der Waals surface area contributed by atoms with Crippen molar-refractivity contribution in [3.05, 3.63) is 35.9 Å². The van der Waals surface area contributed by atoms with E-state index < -0.39 is 42.5 Å². The normalized spacial score (nSPS) is 23.9. The molecule has 2 rings (SSSR count). The first-order chi connectivity index (χ1) is 11.2. The first-order valence-corrected chi connectivity index (χ1v) is 7.71. The van der Waals surface area contributed by atoms with E-state index in [9.17, 15) is 19.1 Å². The Labute approximate surface area is 140 Å². The van der Waals surface area contributed by atoms with Crippen molar-refractivity contribution in [1.82, 2.24) is 4.90 Å².